The van der Waals surface area contributed by atoms with Gasteiger partial charge in [0.2, 0.25) is 0 Å². The zero-order valence-corrected chi connectivity index (χ0v) is 10.1. The Bertz CT molecular complexity index is 326. The van der Waals surface area contributed by atoms with E-state index in [2.05, 4.69) is 5.32 Å². The number of rotatable bonds is 2. The van der Waals surface area contributed by atoms with Crippen molar-refractivity contribution in [2.24, 2.45) is 5.41 Å². The van der Waals surface area contributed by atoms with Gasteiger partial charge in [-0.25, -0.2) is 9.18 Å². The molecule has 2 amide bonds. The molecule has 3 fully saturated rings. The largest absolute Gasteiger partial charge is 0.381 e. The van der Waals surface area contributed by atoms with Crippen LogP contribution in [0.4, 0.5) is 9.18 Å². The molecule has 0 aromatic carbocycles. The first-order valence-electron chi connectivity index (χ1n) is 6.38. The molecule has 0 bridgehead atoms. The van der Waals surface area contributed by atoms with Gasteiger partial charge in [-0.2, -0.15) is 0 Å². The Morgan fingerprint density at radius 1 is 1.47 bits per heavy atom. The Morgan fingerprint density at radius 3 is 2.65 bits per heavy atom. The van der Waals surface area contributed by atoms with Crippen LogP contribution in [0.25, 0.3) is 0 Å². The maximum atomic E-state index is 12.7. The van der Waals surface area contributed by atoms with E-state index < -0.39 is 6.17 Å². The highest BCUT2D eigenvalue weighted by Gasteiger charge is 2.59. The lowest BCUT2D eigenvalue weighted by atomic mass is 9.51. The van der Waals surface area contributed by atoms with Crippen molar-refractivity contribution in [3.63, 3.8) is 0 Å². The number of urea groups is 1. The van der Waals surface area contributed by atoms with Crippen LogP contribution in [0.3, 0.4) is 0 Å². The standard InChI is InChI=1S/C12H19FN2O2/c1-17-10-5-9(12(10)3-2-4-12)14-11(16)15-6-8(13)7-15/h8-10H,2-7H2,1H3,(H,14,16). The SMILES string of the molecule is COC1CC(NC(=O)N2CC(F)C2)C12CCC2. The topological polar surface area (TPSA) is 41.6 Å². The second-order valence-corrected chi connectivity index (χ2v) is 5.55. The molecule has 0 aromatic heterocycles. The lowest BCUT2D eigenvalue weighted by molar-refractivity contribution is -0.158. The van der Waals surface area contributed by atoms with Gasteiger partial charge in [0.05, 0.1) is 19.2 Å². The summed E-state index contributed by atoms with van der Waals surface area (Å²) in [6.07, 6.45) is 3.88. The van der Waals surface area contributed by atoms with Gasteiger partial charge in [-0.3, -0.25) is 0 Å². The maximum Gasteiger partial charge on any atom is 0.317 e. The van der Waals surface area contributed by atoms with Gasteiger partial charge in [0.15, 0.2) is 0 Å². The molecule has 2 atom stereocenters. The number of carbonyl (C=O) groups excluding carboxylic acids is 1. The lowest BCUT2D eigenvalue weighted by Gasteiger charge is -2.61. The first-order chi connectivity index (χ1) is 8.15. The summed E-state index contributed by atoms with van der Waals surface area (Å²) in [5, 5.41) is 3.04. The Hall–Kier alpha value is -0.840. The van der Waals surface area contributed by atoms with E-state index >= 15 is 0 Å². The summed E-state index contributed by atoms with van der Waals surface area (Å²) in [6.45, 7) is 0.499. The van der Waals surface area contributed by atoms with E-state index in [0.29, 0.717) is 6.10 Å². The van der Waals surface area contributed by atoms with Crippen LogP contribution >= 0.6 is 0 Å². The monoisotopic (exact) mass is 242 g/mol. The Labute approximate surface area is 100 Å². The highest BCUT2D eigenvalue weighted by atomic mass is 19.1. The minimum atomic E-state index is -0.827. The van der Waals surface area contributed by atoms with E-state index in [-0.39, 0.29) is 30.6 Å². The third-order valence-electron chi connectivity index (χ3n) is 4.78. The van der Waals surface area contributed by atoms with Gasteiger partial charge in [0.1, 0.15) is 6.17 Å². The molecule has 4 nitrogen and oxygen atoms in total. The fourth-order valence-corrected chi connectivity index (χ4v) is 3.37. The van der Waals surface area contributed by atoms with Gasteiger partial charge in [0, 0.05) is 18.6 Å². The van der Waals surface area contributed by atoms with Crippen LogP contribution < -0.4 is 5.32 Å². The van der Waals surface area contributed by atoms with E-state index in [1.165, 1.54) is 11.3 Å². The van der Waals surface area contributed by atoms with Gasteiger partial charge in [-0.15, -0.1) is 0 Å². The normalized spacial score (nSPS) is 34.8. The molecule has 2 aliphatic carbocycles. The molecule has 3 rings (SSSR count). The van der Waals surface area contributed by atoms with Crippen molar-refractivity contribution in [2.45, 2.75) is 44.0 Å². The fraction of sp³-hybridized carbons (Fsp3) is 0.917. The molecule has 1 spiro atoms. The number of hydrogen-bond acceptors (Lipinski definition) is 2. The zero-order chi connectivity index (χ0) is 12.0. The van der Waals surface area contributed by atoms with Crippen LogP contribution in [0.15, 0.2) is 0 Å². The fourth-order valence-electron chi connectivity index (χ4n) is 3.37. The third kappa shape index (κ3) is 1.55. The number of halogens is 1. The molecule has 0 aromatic rings. The van der Waals surface area contributed by atoms with Gasteiger partial charge in [0.25, 0.3) is 0 Å². The predicted octanol–water partition coefficient (Wildman–Crippen LogP) is 1.31. The van der Waals surface area contributed by atoms with E-state index in [1.807, 2.05) is 0 Å². The van der Waals surface area contributed by atoms with Crippen molar-refractivity contribution in [1.82, 2.24) is 10.2 Å². The molecule has 3 aliphatic rings. The number of hydrogen-bond donors (Lipinski definition) is 1. The van der Waals surface area contributed by atoms with Crippen LogP contribution in [0.2, 0.25) is 0 Å². The van der Waals surface area contributed by atoms with Crippen molar-refractivity contribution in [3.05, 3.63) is 0 Å². The predicted molar refractivity (Wildman–Crippen MR) is 60.5 cm³/mol. The Morgan fingerprint density at radius 2 is 2.18 bits per heavy atom. The van der Waals surface area contributed by atoms with Crippen molar-refractivity contribution in [2.75, 3.05) is 20.2 Å². The minimum absolute atomic E-state index is 0.107. The van der Waals surface area contributed by atoms with Crippen molar-refractivity contribution < 1.29 is 13.9 Å². The number of nitrogens with zero attached hydrogens (tertiary/aromatic N) is 1. The molecule has 96 valence electrons. The van der Waals surface area contributed by atoms with E-state index in [0.717, 1.165) is 19.3 Å². The molecular formula is C12H19FN2O2. The number of likely N-dealkylation sites (tertiary alicyclic amines) is 1. The second kappa shape index (κ2) is 3.83. The van der Waals surface area contributed by atoms with Crippen molar-refractivity contribution in [3.8, 4) is 0 Å². The summed E-state index contributed by atoms with van der Waals surface area (Å²) in [5.41, 5.74) is 0.185. The highest BCUT2D eigenvalue weighted by molar-refractivity contribution is 5.75. The molecule has 2 unspecified atom stereocenters. The number of nitrogens with one attached hydrogen (secondary N) is 1. The molecule has 5 heteroatoms. The summed E-state index contributed by atoms with van der Waals surface area (Å²) >= 11 is 0. The molecule has 0 radical (unpaired) electrons. The van der Waals surface area contributed by atoms with Crippen LogP contribution in [0, 0.1) is 5.41 Å². The quantitative estimate of drug-likeness (QED) is 0.793. The number of alkyl halides is 1. The number of ether oxygens (including phenoxy) is 1. The molecule has 17 heavy (non-hydrogen) atoms. The summed E-state index contributed by atoms with van der Waals surface area (Å²) in [4.78, 5) is 13.3. The van der Waals surface area contributed by atoms with Crippen LogP contribution in [-0.2, 0) is 4.74 Å². The van der Waals surface area contributed by atoms with Gasteiger partial charge < -0.3 is 15.0 Å². The van der Waals surface area contributed by atoms with Gasteiger partial charge >= 0.3 is 6.03 Å². The lowest BCUT2D eigenvalue weighted by Crippen LogP contribution is -2.69. The second-order valence-electron chi connectivity index (χ2n) is 5.55. The third-order valence-corrected chi connectivity index (χ3v) is 4.78. The molecule has 1 heterocycles. The van der Waals surface area contributed by atoms with E-state index in [1.54, 1.807) is 7.11 Å². The summed E-state index contributed by atoms with van der Waals surface area (Å²) in [7, 11) is 1.74. The minimum Gasteiger partial charge on any atom is -0.381 e. The number of methoxy groups -OCH3 is 1. The first kappa shape index (κ1) is 11.3. The molecule has 1 N–H and O–H groups in total. The Balaban J connectivity index is 1.54. The smallest absolute Gasteiger partial charge is 0.317 e. The molecule has 1 saturated heterocycles. The zero-order valence-electron chi connectivity index (χ0n) is 10.1. The molecule has 1 aliphatic heterocycles. The van der Waals surface area contributed by atoms with Gasteiger partial charge in [-0.05, 0) is 19.3 Å². The number of amides is 2. The van der Waals surface area contributed by atoms with E-state index in [4.69, 9.17) is 4.74 Å². The summed E-state index contributed by atoms with van der Waals surface area (Å²) < 4.78 is 18.1. The van der Waals surface area contributed by atoms with Crippen LogP contribution in [0.5, 0.6) is 0 Å². The Kier molecular flexibility index (Phi) is 2.54. The average Bonchev–Trinajstić information content (AvgIpc) is 2.16. The van der Waals surface area contributed by atoms with Gasteiger partial charge in [-0.1, -0.05) is 6.42 Å². The summed E-state index contributed by atoms with van der Waals surface area (Å²) in [5.74, 6) is 0. The maximum absolute atomic E-state index is 12.7. The molecular weight excluding hydrogens is 223 g/mol. The van der Waals surface area contributed by atoms with Crippen LogP contribution in [0.1, 0.15) is 25.7 Å². The van der Waals surface area contributed by atoms with Crippen molar-refractivity contribution in [1.29, 1.82) is 0 Å². The number of carbonyl (C=O) groups is 1. The molecule has 2 saturated carbocycles. The average molecular weight is 242 g/mol. The highest BCUT2D eigenvalue weighted by Crippen LogP contribution is 2.57. The summed E-state index contributed by atoms with van der Waals surface area (Å²) in [6, 6.07) is 0.122. The first-order valence-corrected chi connectivity index (χ1v) is 6.38. The van der Waals surface area contributed by atoms with Crippen molar-refractivity contribution >= 4 is 6.03 Å². The van der Waals surface area contributed by atoms with Crippen LogP contribution in [-0.4, -0.2) is 49.4 Å². The van der Waals surface area contributed by atoms with E-state index in [9.17, 15) is 9.18 Å².